The molecule has 0 atom stereocenters. The number of halogens is 3. The fourth-order valence-electron chi connectivity index (χ4n) is 2.02. The van der Waals surface area contributed by atoms with Crippen molar-refractivity contribution in [2.24, 2.45) is 0 Å². The van der Waals surface area contributed by atoms with Crippen molar-refractivity contribution in [1.82, 2.24) is 0 Å². The first-order valence-corrected chi connectivity index (χ1v) is 7.41. The molecule has 0 radical (unpaired) electrons. The van der Waals surface area contributed by atoms with Gasteiger partial charge in [-0.25, -0.2) is 8.78 Å². The average Bonchev–Trinajstić information content (AvgIpc) is 2.87. The Hall–Kier alpha value is -1.59. The van der Waals surface area contributed by atoms with E-state index in [2.05, 4.69) is 15.9 Å². The van der Waals surface area contributed by atoms with Gasteiger partial charge in [0.2, 0.25) is 0 Å². The minimum absolute atomic E-state index is 0.0711. The second-order valence-electron chi connectivity index (χ2n) is 4.19. The molecular formula is C15H7BrF2OS. The Morgan fingerprint density at radius 3 is 2.65 bits per heavy atom. The van der Waals surface area contributed by atoms with E-state index in [1.165, 1.54) is 17.4 Å². The molecule has 1 heterocycles. The molecule has 0 aliphatic rings. The second kappa shape index (κ2) is 5.07. The first kappa shape index (κ1) is 13.4. The van der Waals surface area contributed by atoms with Crippen molar-refractivity contribution in [3.05, 3.63) is 69.0 Å². The van der Waals surface area contributed by atoms with Crippen LogP contribution < -0.4 is 0 Å². The number of ketones is 1. The number of carbonyl (C=O) groups is 1. The lowest BCUT2D eigenvalue weighted by molar-refractivity contribution is 0.103. The van der Waals surface area contributed by atoms with Gasteiger partial charge < -0.3 is 0 Å². The molecule has 0 saturated heterocycles. The Labute approximate surface area is 126 Å². The highest BCUT2D eigenvalue weighted by Gasteiger charge is 2.23. The molecule has 0 amide bonds. The average molecular weight is 353 g/mol. The van der Waals surface area contributed by atoms with Gasteiger partial charge in [0, 0.05) is 21.0 Å². The second-order valence-corrected chi connectivity index (χ2v) is 5.96. The molecule has 0 unspecified atom stereocenters. The van der Waals surface area contributed by atoms with E-state index >= 15 is 0 Å². The van der Waals surface area contributed by atoms with Crippen LogP contribution in [0.5, 0.6) is 0 Å². The minimum atomic E-state index is -0.870. The molecule has 100 valence electrons. The van der Waals surface area contributed by atoms with Crippen LogP contribution >= 0.6 is 27.3 Å². The lowest BCUT2D eigenvalue weighted by Crippen LogP contribution is -2.07. The van der Waals surface area contributed by atoms with Crippen LogP contribution in [0.3, 0.4) is 0 Å². The summed E-state index contributed by atoms with van der Waals surface area (Å²) < 4.78 is 28.8. The Morgan fingerprint density at radius 1 is 1.10 bits per heavy atom. The number of rotatable bonds is 2. The SMILES string of the molecule is O=C(c1c(F)ccc(Br)c1F)c1csc2ccccc12. The van der Waals surface area contributed by atoms with Crippen LogP contribution in [0.2, 0.25) is 0 Å². The van der Waals surface area contributed by atoms with Crippen molar-refractivity contribution in [1.29, 1.82) is 0 Å². The molecule has 0 bridgehead atoms. The molecule has 3 rings (SSSR count). The predicted octanol–water partition coefficient (Wildman–Crippen LogP) is 5.17. The fourth-order valence-corrected chi connectivity index (χ4v) is 3.29. The molecule has 0 aliphatic carbocycles. The van der Waals surface area contributed by atoms with Gasteiger partial charge in [-0.15, -0.1) is 11.3 Å². The van der Waals surface area contributed by atoms with Crippen LogP contribution in [0.4, 0.5) is 8.78 Å². The van der Waals surface area contributed by atoms with Crippen LogP contribution in [0.25, 0.3) is 10.1 Å². The maximum atomic E-state index is 14.0. The summed E-state index contributed by atoms with van der Waals surface area (Å²) in [5.41, 5.74) is -0.204. The van der Waals surface area contributed by atoms with Gasteiger partial charge in [0.15, 0.2) is 11.6 Å². The molecule has 0 saturated carbocycles. The molecule has 2 aromatic carbocycles. The summed E-state index contributed by atoms with van der Waals surface area (Å²) in [5, 5.41) is 2.34. The third kappa shape index (κ3) is 2.07. The largest absolute Gasteiger partial charge is 0.288 e. The van der Waals surface area contributed by atoms with E-state index in [0.717, 1.165) is 10.8 Å². The number of hydrogen-bond donors (Lipinski definition) is 0. The number of fused-ring (bicyclic) bond motifs is 1. The molecule has 1 nitrogen and oxygen atoms in total. The summed E-state index contributed by atoms with van der Waals surface area (Å²) in [4.78, 5) is 12.4. The van der Waals surface area contributed by atoms with Crippen molar-refractivity contribution >= 4 is 43.1 Å². The highest BCUT2D eigenvalue weighted by Crippen LogP contribution is 2.30. The molecular weight excluding hydrogens is 346 g/mol. The summed E-state index contributed by atoms with van der Waals surface area (Å²) in [6, 6.07) is 9.60. The van der Waals surface area contributed by atoms with Crippen molar-refractivity contribution in [2.45, 2.75) is 0 Å². The number of thiophene rings is 1. The van der Waals surface area contributed by atoms with Crippen LogP contribution in [-0.2, 0) is 0 Å². The zero-order valence-electron chi connectivity index (χ0n) is 9.99. The molecule has 3 aromatic rings. The highest BCUT2D eigenvalue weighted by molar-refractivity contribution is 9.10. The van der Waals surface area contributed by atoms with E-state index in [4.69, 9.17) is 0 Å². The third-order valence-electron chi connectivity index (χ3n) is 3.00. The summed E-state index contributed by atoms with van der Waals surface area (Å²) >= 11 is 4.35. The maximum absolute atomic E-state index is 14.0. The summed E-state index contributed by atoms with van der Waals surface area (Å²) in [6.45, 7) is 0. The monoisotopic (exact) mass is 352 g/mol. The van der Waals surface area contributed by atoms with E-state index in [1.54, 1.807) is 17.5 Å². The Morgan fingerprint density at radius 2 is 1.85 bits per heavy atom. The summed E-state index contributed by atoms with van der Waals surface area (Å²) in [5.74, 6) is -2.37. The van der Waals surface area contributed by atoms with Gasteiger partial charge in [0.05, 0.1) is 10.0 Å². The minimum Gasteiger partial charge on any atom is -0.288 e. The molecule has 0 aliphatic heterocycles. The van der Waals surface area contributed by atoms with Crippen LogP contribution in [0.1, 0.15) is 15.9 Å². The zero-order valence-corrected chi connectivity index (χ0v) is 12.4. The van der Waals surface area contributed by atoms with Crippen LogP contribution in [0.15, 0.2) is 46.3 Å². The van der Waals surface area contributed by atoms with Gasteiger partial charge in [0.25, 0.3) is 0 Å². The van der Waals surface area contributed by atoms with E-state index in [9.17, 15) is 13.6 Å². The number of benzene rings is 2. The standard InChI is InChI=1S/C15H7BrF2OS/c16-10-5-6-11(17)13(14(10)18)15(19)9-7-20-12-4-2-1-3-8(9)12/h1-7H. The number of hydrogen-bond acceptors (Lipinski definition) is 2. The van der Waals surface area contributed by atoms with Gasteiger partial charge >= 0.3 is 0 Å². The highest BCUT2D eigenvalue weighted by atomic mass is 79.9. The fraction of sp³-hybridized carbons (Fsp3) is 0. The van der Waals surface area contributed by atoms with E-state index in [1.807, 2.05) is 12.1 Å². The maximum Gasteiger partial charge on any atom is 0.200 e. The van der Waals surface area contributed by atoms with Gasteiger partial charge in [-0.2, -0.15) is 0 Å². The lowest BCUT2D eigenvalue weighted by Gasteiger charge is -2.05. The molecule has 0 spiro atoms. The summed E-state index contributed by atoms with van der Waals surface area (Å²) in [7, 11) is 0. The third-order valence-corrected chi connectivity index (χ3v) is 4.57. The van der Waals surface area contributed by atoms with Crippen molar-refractivity contribution in [3.63, 3.8) is 0 Å². The predicted molar refractivity (Wildman–Crippen MR) is 79.3 cm³/mol. The van der Waals surface area contributed by atoms with Crippen LogP contribution in [-0.4, -0.2) is 5.78 Å². The van der Waals surface area contributed by atoms with E-state index in [-0.39, 0.29) is 4.47 Å². The summed E-state index contributed by atoms with van der Waals surface area (Å²) in [6.07, 6.45) is 0. The topological polar surface area (TPSA) is 17.1 Å². The number of carbonyl (C=O) groups excluding carboxylic acids is 1. The molecule has 20 heavy (non-hydrogen) atoms. The Balaban J connectivity index is 2.21. The van der Waals surface area contributed by atoms with E-state index < -0.39 is 23.0 Å². The van der Waals surface area contributed by atoms with Crippen molar-refractivity contribution < 1.29 is 13.6 Å². The Kier molecular flexibility index (Phi) is 3.40. The van der Waals surface area contributed by atoms with Crippen molar-refractivity contribution in [3.8, 4) is 0 Å². The first-order chi connectivity index (χ1) is 9.59. The Bertz CT molecular complexity index is 826. The van der Waals surface area contributed by atoms with Crippen LogP contribution in [0, 0.1) is 11.6 Å². The molecule has 1 aromatic heterocycles. The van der Waals surface area contributed by atoms with Gasteiger partial charge in [-0.3, -0.25) is 4.79 Å². The zero-order chi connectivity index (χ0) is 14.3. The normalized spacial score (nSPS) is 10.9. The molecule has 5 heteroatoms. The van der Waals surface area contributed by atoms with Gasteiger partial charge in [-0.05, 0) is 34.1 Å². The molecule has 0 fully saturated rings. The van der Waals surface area contributed by atoms with E-state index in [0.29, 0.717) is 10.9 Å². The lowest BCUT2D eigenvalue weighted by atomic mass is 10.0. The van der Waals surface area contributed by atoms with Gasteiger partial charge in [-0.1, -0.05) is 18.2 Å². The van der Waals surface area contributed by atoms with Gasteiger partial charge in [0.1, 0.15) is 5.82 Å². The molecule has 0 N–H and O–H groups in total. The first-order valence-electron chi connectivity index (χ1n) is 5.74. The van der Waals surface area contributed by atoms with Crippen molar-refractivity contribution in [2.75, 3.05) is 0 Å². The smallest absolute Gasteiger partial charge is 0.200 e. The quantitative estimate of drug-likeness (QED) is 0.459.